The maximum atomic E-state index is 4.17. The standard InChI is InChI=1S/C10H9N3/c1-7(2)8-5-9-10(13-6-8)12-4-3-11-9/h3-6H,1H2,2H3. The van der Waals surface area contributed by atoms with E-state index in [-0.39, 0.29) is 0 Å². The van der Waals surface area contributed by atoms with Crippen molar-refractivity contribution in [1.29, 1.82) is 0 Å². The molecule has 0 spiro atoms. The maximum absolute atomic E-state index is 4.17. The van der Waals surface area contributed by atoms with Gasteiger partial charge in [0.25, 0.3) is 0 Å². The highest BCUT2D eigenvalue weighted by Gasteiger charge is 1.98. The topological polar surface area (TPSA) is 38.7 Å². The minimum atomic E-state index is 0.674. The summed E-state index contributed by atoms with van der Waals surface area (Å²) in [5.41, 5.74) is 3.48. The molecule has 0 amide bonds. The molecular weight excluding hydrogens is 162 g/mol. The van der Waals surface area contributed by atoms with Crippen LogP contribution in [0.3, 0.4) is 0 Å². The average Bonchev–Trinajstić information content (AvgIpc) is 2.17. The first-order valence-corrected chi connectivity index (χ1v) is 4.00. The van der Waals surface area contributed by atoms with Crippen LogP contribution in [-0.2, 0) is 0 Å². The van der Waals surface area contributed by atoms with Crippen molar-refractivity contribution in [2.75, 3.05) is 0 Å². The summed E-state index contributed by atoms with van der Waals surface area (Å²) < 4.78 is 0. The van der Waals surface area contributed by atoms with Gasteiger partial charge in [-0.15, -0.1) is 0 Å². The van der Waals surface area contributed by atoms with E-state index < -0.39 is 0 Å². The molecule has 2 aromatic heterocycles. The molecule has 2 heterocycles. The summed E-state index contributed by atoms with van der Waals surface area (Å²) in [7, 11) is 0. The summed E-state index contributed by atoms with van der Waals surface area (Å²) >= 11 is 0. The Kier molecular flexibility index (Phi) is 1.77. The van der Waals surface area contributed by atoms with Gasteiger partial charge >= 0.3 is 0 Å². The van der Waals surface area contributed by atoms with E-state index in [1.54, 1.807) is 18.6 Å². The molecule has 0 N–H and O–H groups in total. The van der Waals surface area contributed by atoms with Gasteiger partial charge in [-0.25, -0.2) is 9.97 Å². The summed E-state index contributed by atoms with van der Waals surface area (Å²) in [6, 6.07) is 1.94. The van der Waals surface area contributed by atoms with E-state index in [2.05, 4.69) is 21.5 Å². The van der Waals surface area contributed by atoms with Crippen LogP contribution in [0.25, 0.3) is 16.7 Å². The first-order chi connectivity index (χ1) is 6.27. The van der Waals surface area contributed by atoms with Crippen LogP contribution >= 0.6 is 0 Å². The van der Waals surface area contributed by atoms with E-state index in [0.29, 0.717) is 5.65 Å². The lowest BCUT2D eigenvalue weighted by Gasteiger charge is -1.99. The van der Waals surface area contributed by atoms with Gasteiger partial charge in [-0.3, -0.25) is 4.98 Å². The molecule has 13 heavy (non-hydrogen) atoms. The number of fused-ring (bicyclic) bond motifs is 1. The molecule has 0 radical (unpaired) electrons. The van der Waals surface area contributed by atoms with Gasteiger partial charge in [0.2, 0.25) is 0 Å². The van der Waals surface area contributed by atoms with Gasteiger partial charge in [-0.1, -0.05) is 6.58 Å². The molecule has 0 saturated heterocycles. The van der Waals surface area contributed by atoms with Crippen molar-refractivity contribution in [2.45, 2.75) is 6.92 Å². The number of aromatic nitrogens is 3. The highest BCUT2D eigenvalue weighted by Crippen LogP contribution is 2.13. The van der Waals surface area contributed by atoms with Crippen LogP contribution in [0, 0.1) is 0 Å². The third-order valence-electron chi connectivity index (χ3n) is 1.82. The van der Waals surface area contributed by atoms with Crippen LogP contribution < -0.4 is 0 Å². The predicted molar refractivity (Wildman–Crippen MR) is 52.0 cm³/mol. The second-order valence-electron chi connectivity index (χ2n) is 2.90. The van der Waals surface area contributed by atoms with Crippen LogP contribution in [0.1, 0.15) is 12.5 Å². The van der Waals surface area contributed by atoms with Crippen molar-refractivity contribution < 1.29 is 0 Å². The number of pyridine rings is 1. The number of allylic oxidation sites excluding steroid dienone is 1. The molecule has 3 nitrogen and oxygen atoms in total. The van der Waals surface area contributed by atoms with Crippen LogP contribution in [0.15, 0.2) is 31.2 Å². The Morgan fingerprint density at radius 1 is 1.23 bits per heavy atom. The molecule has 2 aromatic rings. The molecule has 0 atom stereocenters. The largest absolute Gasteiger partial charge is 0.251 e. The van der Waals surface area contributed by atoms with Crippen molar-refractivity contribution in [1.82, 2.24) is 15.0 Å². The Morgan fingerprint density at radius 3 is 2.77 bits per heavy atom. The monoisotopic (exact) mass is 171 g/mol. The Hall–Kier alpha value is -1.77. The SMILES string of the molecule is C=C(C)c1cnc2nccnc2c1. The van der Waals surface area contributed by atoms with Crippen LogP contribution in [-0.4, -0.2) is 15.0 Å². The zero-order chi connectivity index (χ0) is 9.26. The van der Waals surface area contributed by atoms with Crippen LogP contribution in [0.5, 0.6) is 0 Å². The van der Waals surface area contributed by atoms with Gasteiger partial charge in [-0.2, -0.15) is 0 Å². The molecule has 64 valence electrons. The molecule has 0 aromatic carbocycles. The average molecular weight is 171 g/mol. The number of hydrogen-bond acceptors (Lipinski definition) is 3. The smallest absolute Gasteiger partial charge is 0.178 e. The van der Waals surface area contributed by atoms with Gasteiger partial charge in [0.15, 0.2) is 5.65 Å². The minimum absolute atomic E-state index is 0.674. The lowest BCUT2D eigenvalue weighted by atomic mass is 10.1. The lowest BCUT2D eigenvalue weighted by Crippen LogP contribution is -1.88. The van der Waals surface area contributed by atoms with E-state index in [1.165, 1.54) is 0 Å². The second kappa shape index (κ2) is 2.94. The molecule has 0 aliphatic carbocycles. The fourth-order valence-electron chi connectivity index (χ4n) is 1.09. The van der Waals surface area contributed by atoms with Crippen molar-refractivity contribution >= 4 is 16.7 Å². The molecule has 3 heteroatoms. The zero-order valence-corrected chi connectivity index (χ0v) is 7.36. The van der Waals surface area contributed by atoms with Gasteiger partial charge in [0, 0.05) is 18.6 Å². The lowest BCUT2D eigenvalue weighted by molar-refractivity contribution is 1.22. The summed E-state index contributed by atoms with van der Waals surface area (Å²) in [5.74, 6) is 0. The molecule has 2 rings (SSSR count). The van der Waals surface area contributed by atoms with E-state index in [9.17, 15) is 0 Å². The number of rotatable bonds is 1. The molecule has 0 unspecified atom stereocenters. The fourth-order valence-corrected chi connectivity index (χ4v) is 1.09. The summed E-state index contributed by atoms with van der Waals surface area (Å²) in [6.07, 6.45) is 5.06. The van der Waals surface area contributed by atoms with Crippen molar-refractivity contribution in [2.24, 2.45) is 0 Å². The third kappa shape index (κ3) is 1.40. The van der Waals surface area contributed by atoms with Gasteiger partial charge in [0.1, 0.15) is 5.52 Å². The summed E-state index contributed by atoms with van der Waals surface area (Å²) in [4.78, 5) is 12.4. The predicted octanol–water partition coefficient (Wildman–Crippen LogP) is 2.06. The Bertz CT molecular complexity index is 462. The van der Waals surface area contributed by atoms with Crippen LogP contribution in [0.2, 0.25) is 0 Å². The maximum Gasteiger partial charge on any atom is 0.178 e. The van der Waals surface area contributed by atoms with Crippen molar-refractivity contribution in [3.8, 4) is 0 Å². The van der Waals surface area contributed by atoms with Crippen molar-refractivity contribution in [3.63, 3.8) is 0 Å². The first-order valence-electron chi connectivity index (χ1n) is 4.00. The second-order valence-corrected chi connectivity index (χ2v) is 2.90. The normalized spacial score (nSPS) is 10.2. The Balaban J connectivity index is 2.69. The molecule has 0 saturated carbocycles. The third-order valence-corrected chi connectivity index (χ3v) is 1.82. The van der Waals surface area contributed by atoms with Gasteiger partial charge < -0.3 is 0 Å². The minimum Gasteiger partial charge on any atom is -0.251 e. The first kappa shape index (κ1) is 7.86. The zero-order valence-electron chi connectivity index (χ0n) is 7.36. The molecular formula is C10H9N3. The van der Waals surface area contributed by atoms with Crippen molar-refractivity contribution in [3.05, 3.63) is 36.8 Å². The Labute approximate surface area is 76.2 Å². The Morgan fingerprint density at radius 2 is 2.00 bits per heavy atom. The molecule has 0 fully saturated rings. The highest BCUT2D eigenvalue weighted by molar-refractivity contribution is 5.74. The quantitative estimate of drug-likeness (QED) is 0.659. The fraction of sp³-hybridized carbons (Fsp3) is 0.100. The van der Waals surface area contributed by atoms with Gasteiger partial charge in [-0.05, 0) is 24.1 Å². The van der Waals surface area contributed by atoms with E-state index in [4.69, 9.17) is 0 Å². The highest BCUT2D eigenvalue weighted by atomic mass is 14.9. The van der Waals surface area contributed by atoms with E-state index in [1.807, 2.05) is 13.0 Å². The summed E-state index contributed by atoms with van der Waals surface area (Å²) in [5, 5.41) is 0. The van der Waals surface area contributed by atoms with E-state index in [0.717, 1.165) is 16.7 Å². The number of nitrogens with zero attached hydrogens (tertiary/aromatic N) is 3. The van der Waals surface area contributed by atoms with E-state index >= 15 is 0 Å². The molecule has 0 bridgehead atoms. The molecule has 0 aliphatic heterocycles. The molecule has 0 aliphatic rings. The van der Waals surface area contributed by atoms with Gasteiger partial charge in [0.05, 0.1) is 0 Å². The number of hydrogen-bond donors (Lipinski definition) is 0. The van der Waals surface area contributed by atoms with Crippen LogP contribution in [0.4, 0.5) is 0 Å². The summed E-state index contributed by atoms with van der Waals surface area (Å²) in [6.45, 7) is 5.79.